The second-order valence-corrected chi connectivity index (χ2v) is 8.12. The summed E-state index contributed by atoms with van der Waals surface area (Å²) in [5.74, 6) is -0.172. The van der Waals surface area contributed by atoms with Crippen molar-refractivity contribution in [1.82, 2.24) is 15.1 Å². The third-order valence-corrected chi connectivity index (χ3v) is 6.02. The molecule has 0 aliphatic carbocycles. The van der Waals surface area contributed by atoms with Gasteiger partial charge in [-0.25, -0.2) is 0 Å². The zero-order chi connectivity index (χ0) is 20.8. The molecule has 0 aromatic heterocycles. The normalized spacial score (nSPS) is 19.9. The summed E-state index contributed by atoms with van der Waals surface area (Å²) in [6, 6.07) is 20.4. The number of carbonyl (C=O) groups is 2. The van der Waals surface area contributed by atoms with Crippen LogP contribution >= 0.6 is 0 Å². The summed E-state index contributed by atoms with van der Waals surface area (Å²) in [6.45, 7) is 6.57. The van der Waals surface area contributed by atoms with E-state index in [4.69, 9.17) is 0 Å². The molecular formula is C24H30N4O2. The van der Waals surface area contributed by atoms with Crippen molar-refractivity contribution in [1.29, 1.82) is 0 Å². The van der Waals surface area contributed by atoms with E-state index in [1.807, 2.05) is 36.4 Å². The number of anilines is 1. The van der Waals surface area contributed by atoms with E-state index < -0.39 is 0 Å². The minimum Gasteiger partial charge on any atom is -0.369 e. The van der Waals surface area contributed by atoms with Crippen LogP contribution in [0.25, 0.3) is 0 Å². The molecule has 2 saturated heterocycles. The van der Waals surface area contributed by atoms with E-state index in [0.29, 0.717) is 26.1 Å². The van der Waals surface area contributed by atoms with Gasteiger partial charge in [-0.3, -0.25) is 14.5 Å². The number of para-hydroxylation sites is 1. The Balaban J connectivity index is 1.16. The molecule has 2 fully saturated rings. The van der Waals surface area contributed by atoms with Crippen LogP contribution < -0.4 is 10.2 Å². The Morgan fingerprint density at radius 2 is 1.60 bits per heavy atom. The van der Waals surface area contributed by atoms with Crippen molar-refractivity contribution < 1.29 is 9.59 Å². The molecule has 0 bridgehead atoms. The first-order valence-electron chi connectivity index (χ1n) is 10.8. The van der Waals surface area contributed by atoms with Crippen molar-refractivity contribution in [2.24, 2.45) is 5.92 Å². The molecule has 158 valence electrons. The zero-order valence-corrected chi connectivity index (χ0v) is 17.4. The molecule has 2 heterocycles. The highest BCUT2D eigenvalue weighted by molar-refractivity contribution is 5.89. The predicted molar refractivity (Wildman–Crippen MR) is 118 cm³/mol. The molecule has 2 aromatic rings. The van der Waals surface area contributed by atoms with Crippen LogP contribution in [-0.2, 0) is 16.1 Å². The maximum Gasteiger partial charge on any atom is 0.225 e. The van der Waals surface area contributed by atoms with Gasteiger partial charge in [0.05, 0.1) is 5.92 Å². The van der Waals surface area contributed by atoms with Gasteiger partial charge in [-0.05, 0) is 17.7 Å². The Bertz CT molecular complexity index is 835. The lowest BCUT2D eigenvalue weighted by molar-refractivity contribution is -0.129. The Morgan fingerprint density at radius 1 is 0.933 bits per heavy atom. The van der Waals surface area contributed by atoms with Gasteiger partial charge in [0.15, 0.2) is 0 Å². The predicted octanol–water partition coefficient (Wildman–Crippen LogP) is 1.97. The quantitative estimate of drug-likeness (QED) is 0.764. The average molecular weight is 407 g/mol. The molecule has 2 aromatic carbocycles. The summed E-state index contributed by atoms with van der Waals surface area (Å²) in [6.07, 6.45) is 0.314. The third-order valence-electron chi connectivity index (χ3n) is 6.02. The lowest BCUT2D eigenvalue weighted by Gasteiger charge is -2.36. The van der Waals surface area contributed by atoms with Crippen LogP contribution in [-0.4, -0.2) is 67.4 Å². The van der Waals surface area contributed by atoms with Crippen LogP contribution in [0.15, 0.2) is 60.7 Å². The van der Waals surface area contributed by atoms with Gasteiger partial charge in [-0.1, -0.05) is 48.5 Å². The van der Waals surface area contributed by atoms with Crippen molar-refractivity contribution in [3.8, 4) is 0 Å². The molecule has 30 heavy (non-hydrogen) atoms. The van der Waals surface area contributed by atoms with Gasteiger partial charge < -0.3 is 15.1 Å². The molecule has 1 N–H and O–H groups in total. The van der Waals surface area contributed by atoms with Crippen LogP contribution in [0.3, 0.4) is 0 Å². The highest BCUT2D eigenvalue weighted by Gasteiger charge is 2.34. The molecule has 6 heteroatoms. The van der Waals surface area contributed by atoms with Gasteiger partial charge in [0, 0.05) is 64.5 Å². The maximum absolute atomic E-state index is 12.6. The van der Waals surface area contributed by atoms with Gasteiger partial charge >= 0.3 is 0 Å². The van der Waals surface area contributed by atoms with Crippen molar-refractivity contribution in [2.75, 3.05) is 50.7 Å². The van der Waals surface area contributed by atoms with E-state index in [2.05, 4.69) is 39.4 Å². The van der Waals surface area contributed by atoms with E-state index in [0.717, 1.165) is 38.3 Å². The number of rotatable bonds is 7. The van der Waals surface area contributed by atoms with Crippen molar-refractivity contribution in [3.63, 3.8) is 0 Å². The van der Waals surface area contributed by atoms with Crippen molar-refractivity contribution >= 4 is 17.5 Å². The minimum atomic E-state index is -0.240. The lowest BCUT2D eigenvalue weighted by Crippen LogP contribution is -2.48. The Kier molecular flexibility index (Phi) is 6.64. The number of hydrogen-bond acceptors (Lipinski definition) is 4. The highest BCUT2D eigenvalue weighted by Crippen LogP contribution is 2.20. The fourth-order valence-electron chi connectivity index (χ4n) is 4.25. The Hall–Kier alpha value is -2.86. The summed E-state index contributed by atoms with van der Waals surface area (Å²) in [5.41, 5.74) is 2.37. The zero-order valence-electron chi connectivity index (χ0n) is 17.4. The average Bonchev–Trinajstić information content (AvgIpc) is 3.16. The van der Waals surface area contributed by atoms with Crippen LogP contribution in [0.2, 0.25) is 0 Å². The first-order valence-corrected chi connectivity index (χ1v) is 10.8. The van der Waals surface area contributed by atoms with Gasteiger partial charge in [-0.15, -0.1) is 0 Å². The number of benzene rings is 2. The molecule has 1 atom stereocenters. The van der Waals surface area contributed by atoms with Crippen LogP contribution in [0, 0.1) is 5.92 Å². The van der Waals surface area contributed by atoms with Crippen LogP contribution in [0.4, 0.5) is 5.69 Å². The summed E-state index contributed by atoms with van der Waals surface area (Å²) in [7, 11) is 0. The molecule has 2 aliphatic rings. The second kappa shape index (κ2) is 9.76. The van der Waals surface area contributed by atoms with E-state index in [-0.39, 0.29) is 17.7 Å². The van der Waals surface area contributed by atoms with Crippen LogP contribution in [0.1, 0.15) is 12.0 Å². The summed E-state index contributed by atoms with van der Waals surface area (Å²) < 4.78 is 0. The monoisotopic (exact) mass is 406 g/mol. The molecule has 2 amide bonds. The van der Waals surface area contributed by atoms with Gasteiger partial charge in [0.2, 0.25) is 11.8 Å². The third kappa shape index (κ3) is 5.19. The van der Waals surface area contributed by atoms with Crippen molar-refractivity contribution in [3.05, 3.63) is 66.2 Å². The molecule has 0 saturated carbocycles. The molecule has 1 unspecified atom stereocenters. The number of carbonyl (C=O) groups excluding carboxylic acids is 2. The first-order chi connectivity index (χ1) is 14.7. The lowest BCUT2D eigenvalue weighted by atomic mass is 10.1. The summed E-state index contributed by atoms with van der Waals surface area (Å²) in [4.78, 5) is 31.4. The van der Waals surface area contributed by atoms with E-state index in [1.54, 1.807) is 4.90 Å². The van der Waals surface area contributed by atoms with E-state index in [9.17, 15) is 9.59 Å². The minimum absolute atomic E-state index is 0.00170. The fourth-order valence-corrected chi connectivity index (χ4v) is 4.25. The number of piperazine rings is 1. The molecular weight excluding hydrogens is 376 g/mol. The molecule has 0 radical (unpaired) electrons. The number of hydrogen-bond donors (Lipinski definition) is 1. The smallest absolute Gasteiger partial charge is 0.225 e. The maximum atomic E-state index is 12.6. The SMILES string of the molecule is O=C(NCCN1CCN(c2ccccc2)CC1)C1CC(=O)N(Cc2ccccc2)C1. The second-order valence-electron chi connectivity index (χ2n) is 8.12. The molecule has 2 aliphatic heterocycles. The number of likely N-dealkylation sites (tertiary alicyclic amines) is 1. The van der Waals surface area contributed by atoms with Gasteiger partial charge in [0.25, 0.3) is 0 Å². The van der Waals surface area contributed by atoms with Crippen molar-refractivity contribution in [2.45, 2.75) is 13.0 Å². The standard InChI is InChI=1S/C24H30N4O2/c29-23-17-21(19-28(23)18-20-7-3-1-4-8-20)24(30)25-11-12-26-13-15-27(16-14-26)22-9-5-2-6-10-22/h1-10,21H,11-19H2,(H,25,30). The van der Waals surface area contributed by atoms with Gasteiger partial charge in [-0.2, -0.15) is 0 Å². The molecule has 6 nitrogen and oxygen atoms in total. The molecule has 0 spiro atoms. The Morgan fingerprint density at radius 3 is 2.30 bits per heavy atom. The number of amides is 2. The topological polar surface area (TPSA) is 55.9 Å². The summed E-state index contributed by atoms with van der Waals surface area (Å²) >= 11 is 0. The number of nitrogens with zero attached hydrogens (tertiary/aromatic N) is 3. The van der Waals surface area contributed by atoms with Crippen LogP contribution in [0.5, 0.6) is 0 Å². The van der Waals surface area contributed by atoms with E-state index >= 15 is 0 Å². The number of nitrogens with one attached hydrogen (secondary N) is 1. The van der Waals surface area contributed by atoms with Gasteiger partial charge in [0.1, 0.15) is 0 Å². The Labute approximate surface area is 178 Å². The molecule has 4 rings (SSSR count). The summed E-state index contributed by atoms with van der Waals surface area (Å²) in [5, 5.41) is 3.05. The fraction of sp³-hybridized carbons (Fsp3) is 0.417. The largest absolute Gasteiger partial charge is 0.369 e. The van der Waals surface area contributed by atoms with E-state index in [1.165, 1.54) is 5.69 Å². The highest BCUT2D eigenvalue weighted by atomic mass is 16.2. The first kappa shape index (κ1) is 20.4.